The smallest absolute Gasteiger partial charge is 0.332 e. The van der Waals surface area contributed by atoms with Gasteiger partial charge in [-0.3, -0.25) is 4.98 Å². The van der Waals surface area contributed by atoms with Crippen LogP contribution in [-0.4, -0.2) is 31.3 Å². The van der Waals surface area contributed by atoms with Crippen molar-refractivity contribution >= 4 is 28.3 Å². The van der Waals surface area contributed by atoms with Gasteiger partial charge in [0.2, 0.25) is 0 Å². The lowest BCUT2D eigenvalue weighted by Gasteiger charge is -2.14. The average Bonchev–Trinajstić information content (AvgIpc) is 3.14. The van der Waals surface area contributed by atoms with Gasteiger partial charge >= 0.3 is 6.03 Å². The van der Waals surface area contributed by atoms with Crippen molar-refractivity contribution in [1.29, 1.82) is 0 Å². The highest BCUT2D eigenvalue weighted by Gasteiger charge is 2.20. The summed E-state index contributed by atoms with van der Waals surface area (Å²) in [7, 11) is 0. The van der Waals surface area contributed by atoms with E-state index in [1.165, 1.54) is 10.6 Å². The number of primary amides is 1. The van der Waals surface area contributed by atoms with Crippen molar-refractivity contribution in [3.63, 3.8) is 0 Å². The highest BCUT2D eigenvalue weighted by atomic mass is 19.1. The van der Waals surface area contributed by atoms with Gasteiger partial charge in [0.05, 0.1) is 29.2 Å². The van der Waals surface area contributed by atoms with E-state index >= 15 is 0 Å². The van der Waals surface area contributed by atoms with Gasteiger partial charge in [-0.15, -0.1) is 0 Å². The van der Waals surface area contributed by atoms with E-state index in [1.54, 1.807) is 43.6 Å². The van der Waals surface area contributed by atoms with Gasteiger partial charge in [-0.05, 0) is 31.2 Å². The molecule has 2 amide bonds. The second-order valence-electron chi connectivity index (χ2n) is 6.39. The lowest BCUT2D eigenvalue weighted by atomic mass is 10.0. The number of imidazole rings is 1. The number of pyridine rings is 1. The maximum absolute atomic E-state index is 14.7. The zero-order valence-corrected chi connectivity index (χ0v) is 15.4. The van der Waals surface area contributed by atoms with Crippen molar-refractivity contribution in [2.75, 3.05) is 0 Å². The number of hydrogen-bond acceptors (Lipinski definition) is 6. The summed E-state index contributed by atoms with van der Waals surface area (Å²) in [6.45, 7) is 1.66. The molecule has 3 heterocycles. The molecule has 0 aliphatic heterocycles. The Balaban J connectivity index is 1.77. The van der Waals surface area contributed by atoms with Crippen molar-refractivity contribution < 1.29 is 9.18 Å². The van der Waals surface area contributed by atoms with Gasteiger partial charge in [0.15, 0.2) is 5.65 Å². The molecule has 29 heavy (non-hydrogen) atoms. The molecule has 0 saturated carbocycles. The van der Waals surface area contributed by atoms with Crippen LogP contribution in [0.3, 0.4) is 0 Å². The Morgan fingerprint density at radius 1 is 1.28 bits per heavy atom. The number of carbonyl (C=O) groups excluding carboxylic acids is 1. The molecular weight excluding hydrogens is 375 g/mol. The van der Waals surface area contributed by atoms with Crippen LogP contribution in [0.4, 0.5) is 9.18 Å². The van der Waals surface area contributed by atoms with Crippen molar-refractivity contribution in [2.24, 2.45) is 16.6 Å². The zero-order chi connectivity index (χ0) is 20.5. The number of nitrogens with one attached hydrogen (secondary N) is 1. The molecule has 0 aliphatic rings. The minimum absolute atomic E-state index is 0.306. The molecule has 0 radical (unpaired) electrons. The summed E-state index contributed by atoms with van der Waals surface area (Å²) >= 11 is 0. The van der Waals surface area contributed by atoms with Gasteiger partial charge in [-0.1, -0.05) is 6.07 Å². The molecule has 0 saturated heterocycles. The van der Waals surface area contributed by atoms with Crippen LogP contribution >= 0.6 is 0 Å². The molecular formula is C19H17FN8O. The first-order valence-corrected chi connectivity index (χ1v) is 8.68. The van der Waals surface area contributed by atoms with Crippen LogP contribution in [0.5, 0.6) is 0 Å². The van der Waals surface area contributed by atoms with Crippen LogP contribution < -0.4 is 16.9 Å². The van der Waals surface area contributed by atoms with Crippen LogP contribution in [0.15, 0.2) is 53.9 Å². The van der Waals surface area contributed by atoms with Gasteiger partial charge in [-0.2, -0.15) is 10.2 Å². The standard InChI is InChI=1S/C19H17FN8O/c1-10(25-26-19(22)29)14-4-5-17-24-9-16(28(17)27-14)18(21)12-7-11-3-2-6-23-15(11)8-13(12)20/h2-9,18H,21H2,1H3,(H3,22,26,29). The van der Waals surface area contributed by atoms with Gasteiger partial charge in [-0.25, -0.2) is 24.1 Å². The first kappa shape index (κ1) is 18.4. The fourth-order valence-corrected chi connectivity index (χ4v) is 3.00. The predicted octanol–water partition coefficient (Wildman–Crippen LogP) is 1.86. The Hall–Kier alpha value is -3.92. The second-order valence-corrected chi connectivity index (χ2v) is 6.39. The number of rotatable bonds is 4. The number of hydrogen-bond donors (Lipinski definition) is 3. The first-order valence-electron chi connectivity index (χ1n) is 8.68. The zero-order valence-electron chi connectivity index (χ0n) is 15.4. The first-order chi connectivity index (χ1) is 13.9. The van der Waals surface area contributed by atoms with Crippen molar-refractivity contribution in [3.8, 4) is 0 Å². The van der Waals surface area contributed by atoms with E-state index in [0.717, 1.165) is 5.39 Å². The average molecular weight is 392 g/mol. The molecule has 0 aliphatic carbocycles. The monoisotopic (exact) mass is 392 g/mol. The summed E-state index contributed by atoms with van der Waals surface area (Å²) in [5, 5.41) is 9.11. The topological polar surface area (TPSA) is 137 Å². The summed E-state index contributed by atoms with van der Waals surface area (Å²) < 4.78 is 16.2. The van der Waals surface area contributed by atoms with Crippen LogP contribution in [0.2, 0.25) is 0 Å². The quantitative estimate of drug-likeness (QED) is 0.360. The molecule has 1 unspecified atom stereocenters. The van der Waals surface area contributed by atoms with E-state index in [0.29, 0.717) is 33.8 Å². The fraction of sp³-hybridized carbons (Fsp3) is 0.105. The second kappa shape index (κ2) is 7.24. The SMILES string of the molecule is CC(=NNC(N)=O)c1ccc2ncc(C(N)c3cc4cccnc4cc3F)n2n1. The van der Waals surface area contributed by atoms with Crippen molar-refractivity contribution in [1.82, 2.24) is 25.0 Å². The van der Waals surface area contributed by atoms with E-state index in [-0.39, 0.29) is 0 Å². The molecule has 1 aromatic carbocycles. The van der Waals surface area contributed by atoms with E-state index < -0.39 is 17.9 Å². The van der Waals surface area contributed by atoms with E-state index in [4.69, 9.17) is 11.5 Å². The van der Waals surface area contributed by atoms with Gasteiger partial charge in [0.25, 0.3) is 0 Å². The van der Waals surface area contributed by atoms with Crippen LogP contribution in [0.1, 0.15) is 29.9 Å². The predicted molar refractivity (Wildman–Crippen MR) is 106 cm³/mol. The summed E-state index contributed by atoms with van der Waals surface area (Å²) in [5.74, 6) is -0.460. The fourth-order valence-electron chi connectivity index (χ4n) is 3.00. The minimum atomic E-state index is -0.807. The van der Waals surface area contributed by atoms with Crippen molar-refractivity contribution in [2.45, 2.75) is 13.0 Å². The number of fused-ring (bicyclic) bond motifs is 2. The molecule has 1 atom stereocenters. The lowest BCUT2D eigenvalue weighted by Crippen LogP contribution is -2.25. The maximum atomic E-state index is 14.7. The van der Waals surface area contributed by atoms with Crippen LogP contribution in [-0.2, 0) is 0 Å². The summed E-state index contributed by atoms with van der Waals surface area (Å²) in [6, 6.07) is 8.49. The molecule has 3 aromatic heterocycles. The van der Waals surface area contributed by atoms with E-state index in [9.17, 15) is 9.18 Å². The Kier molecular flexibility index (Phi) is 4.61. The minimum Gasteiger partial charge on any atom is -0.350 e. The molecule has 5 N–H and O–H groups in total. The number of hydrazone groups is 1. The number of benzene rings is 1. The van der Waals surface area contributed by atoms with Gasteiger partial charge < -0.3 is 11.5 Å². The molecule has 146 valence electrons. The number of nitrogens with two attached hydrogens (primary N) is 2. The molecule has 4 aromatic rings. The Morgan fingerprint density at radius 3 is 2.90 bits per heavy atom. The highest BCUT2D eigenvalue weighted by molar-refractivity contribution is 5.97. The molecule has 0 fully saturated rings. The molecule has 10 heteroatoms. The number of halogens is 1. The number of nitrogens with zero attached hydrogens (tertiary/aromatic N) is 5. The number of carbonyl (C=O) groups is 1. The summed E-state index contributed by atoms with van der Waals surface area (Å²) in [5.41, 5.74) is 16.4. The third-order valence-corrected chi connectivity index (χ3v) is 4.47. The largest absolute Gasteiger partial charge is 0.350 e. The van der Waals surface area contributed by atoms with E-state index in [2.05, 4.69) is 25.6 Å². The maximum Gasteiger partial charge on any atom is 0.332 e. The molecule has 9 nitrogen and oxygen atoms in total. The number of amides is 2. The molecule has 0 spiro atoms. The summed E-state index contributed by atoms with van der Waals surface area (Å²) in [6.07, 6.45) is 3.16. The van der Waals surface area contributed by atoms with Crippen LogP contribution in [0.25, 0.3) is 16.6 Å². The molecule has 4 rings (SSSR count). The Morgan fingerprint density at radius 2 is 2.10 bits per heavy atom. The van der Waals surface area contributed by atoms with Gasteiger partial charge in [0, 0.05) is 23.2 Å². The third kappa shape index (κ3) is 3.48. The van der Waals surface area contributed by atoms with E-state index in [1.807, 2.05) is 6.07 Å². The number of aromatic nitrogens is 4. The van der Waals surface area contributed by atoms with Gasteiger partial charge in [0.1, 0.15) is 11.5 Å². The highest BCUT2D eigenvalue weighted by Crippen LogP contribution is 2.26. The lowest BCUT2D eigenvalue weighted by molar-refractivity contribution is 0.249. The molecule has 0 bridgehead atoms. The number of urea groups is 1. The Bertz CT molecular complexity index is 1270. The van der Waals surface area contributed by atoms with Crippen molar-refractivity contribution in [3.05, 3.63) is 71.6 Å². The van der Waals surface area contributed by atoms with Crippen LogP contribution in [0, 0.1) is 5.82 Å². The third-order valence-electron chi connectivity index (χ3n) is 4.47. The Labute approximate surface area is 164 Å². The summed E-state index contributed by atoms with van der Waals surface area (Å²) in [4.78, 5) is 19.3. The normalized spacial score (nSPS) is 13.0.